The van der Waals surface area contributed by atoms with Crippen molar-refractivity contribution in [2.24, 2.45) is 0 Å². The first kappa shape index (κ1) is 15.0. The molecule has 0 unspecified atom stereocenters. The lowest BCUT2D eigenvalue weighted by Gasteiger charge is -2.15. The van der Waals surface area contributed by atoms with Gasteiger partial charge in [0.1, 0.15) is 23.1 Å². The Morgan fingerprint density at radius 3 is 2.86 bits per heavy atom. The number of furan rings is 1. The molecule has 3 heterocycles. The van der Waals surface area contributed by atoms with E-state index >= 15 is 0 Å². The molecule has 120 valence electrons. The maximum absolute atomic E-state index is 12.4. The first-order chi connectivity index (χ1) is 10.4. The molecule has 0 saturated carbocycles. The summed E-state index contributed by atoms with van der Waals surface area (Å²) in [7, 11) is -2.55. The van der Waals surface area contributed by atoms with Crippen LogP contribution in [-0.2, 0) is 26.3 Å². The molecule has 2 aliphatic rings. The monoisotopic (exact) mass is 328 g/mol. The molecule has 1 amide bonds. The van der Waals surface area contributed by atoms with Crippen LogP contribution in [0.4, 0.5) is 0 Å². The van der Waals surface area contributed by atoms with Crippen LogP contribution in [0.2, 0.25) is 0 Å². The first-order valence-corrected chi connectivity index (χ1v) is 8.27. The van der Waals surface area contributed by atoms with E-state index in [4.69, 9.17) is 4.42 Å². The minimum atomic E-state index is -3.80. The van der Waals surface area contributed by atoms with Crippen LogP contribution in [0.5, 0.6) is 0 Å². The minimum absolute atomic E-state index is 0.216. The van der Waals surface area contributed by atoms with Gasteiger partial charge in [0, 0.05) is 6.54 Å². The molecular weight excluding hydrogens is 312 g/mol. The number of hydrogen-bond donors (Lipinski definition) is 0. The van der Waals surface area contributed by atoms with E-state index < -0.39 is 28.1 Å². The summed E-state index contributed by atoms with van der Waals surface area (Å²) >= 11 is 0. The van der Waals surface area contributed by atoms with Crippen LogP contribution >= 0.6 is 0 Å². The van der Waals surface area contributed by atoms with Crippen LogP contribution < -0.4 is 0 Å². The Bertz CT molecular complexity index is 738. The second-order valence-corrected chi connectivity index (χ2v) is 7.10. The normalized spacial score (nSPS) is 23.8. The van der Waals surface area contributed by atoms with Crippen molar-refractivity contribution in [1.82, 2.24) is 8.61 Å². The van der Waals surface area contributed by atoms with Crippen molar-refractivity contribution in [1.29, 1.82) is 0 Å². The summed E-state index contributed by atoms with van der Waals surface area (Å²) in [6.07, 6.45) is 1.23. The summed E-state index contributed by atoms with van der Waals surface area (Å²) < 4.78 is 36.8. The van der Waals surface area contributed by atoms with Gasteiger partial charge in [-0.1, -0.05) is 0 Å². The van der Waals surface area contributed by atoms with Crippen LogP contribution in [0.1, 0.15) is 34.7 Å². The van der Waals surface area contributed by atoms with Crippen molar-refractivity contribution in [3.05, 3.63) is 23.2 Å². The van der Waals surface area contributed by atoms with Crippen molar-refractivity contribution in [3.8, 4) is 0 Å². The number of aryl methyl sites for hydroxylation is 1. The van der Waals surface area contributed by atoms with E-state index in [9.17, 15) is 18.0 Å². The van der Waals surface area contributed by atoms with E-state index in [0.29, 0.717) is 25.1 Å². The predicted octanol–water partition coefficient (Wildman–Crippen LogP) is 0.426. The van der Waals surface area contributed by atoms with Gasteiger partial charge < -0.3 is 9.15 Å². The summed E-state index contributed by atoms with van der Waals surface area (Å²) in [5, 5.41) is 0. The number of carbonyl (C=O) groups is 2. The Morgan fingerprint density at radius 1 is 1.50 bits per heavy atom. The lowest BCUT2D eigenvalue weighted by Crippen LogP contribution is -2.33. The number of nitrogens with zero attached hydrogens (tertiary/aromatic N) is 2. The van der Waals surface area contributed by atoms with E-state index in [1.54, 1.807) is 6.92 Å². The van der Waals surface area contributed by atoms with Crippen molar-refractivity contribution < 1.29 is 27.2 Å². The molecule has 0 bridgehead atoms. The van der Waals surface area contributed by atoms with Crippen LogP contribution in [0.3, 0.4) is 0 Å². The lowest BCUT2D eigenvalue weighted by molar-refractivity contribution is -0.127. The molecule has 1 aromatic rings. The number of rotatable bonds is 3. The van der Waals surface area contributed by atoms with Gasteiger partial charge in [-0.3, -0.25) is 4.79 Å². The van der Waals surface area contributed by atoms with Gasteiger partial charge in [-0.15, -0.1) is 0 Å². The molecule has 0 aromatic carbocycles. The van der Waals surface area contributed by atoms with E-state index in [1.165, 1.54) is 17.5 Å². The molecule has 0 radical (unpaired) electrons. The van der Waals surface area contributed by atoms with Crippen molar-refractivity contribution in [2.45, 2.75) is 32.4 Å². The largest absolute Gasteiger partial charge is 0.465 e. The van der Waals surface area contributed by atoms with Gasteiger partial charge >= 0.3 is 16.2 Å². The molecular formula is C13H16N2O6S. The Kier molecular flexibility index (Phi) is 3.48. The van der Waals surface area contributed by atoms with E-state index in [1.807, 2.05) is 0 Å². The minimum Gasteiger partial charge on any atom is -0.465 e. The number of carbonyl (C=O) groups excluding carboxylic acids is 2. The van der Waals surface area contributed by atoms with Crippen molar-refractivity contribution in [2.75, 3.05) is 13.7 Å². The quantitative estimate of drug-likeness (QED) is 0.746. The summed E-state index contributed by atoms with van der Waals surface area (Å²) in [6, 6.07) is 0.814. The molecule has 1 aromatic heterocycles. The number of methoxy groups -OCH3 is 1. The second kappa shape index (κ2) is 5.10. The number of ether oxygens (including phenoxy) is 1. The Balaban J connectivity index is 1.88. The maximum atomic E-state index is 12.4. The SMILES string of the molecule is COC(=O)c1cc(CN2C(=O)[C@@H]3CCCN3S2(=O)=O)oc1C. The summed E-state index contributed by atoms with van der Waals surface area (Å²) in [4.78, 5) is 23.8. The number of fused-ring (bicyclic) bond motifs is 1. The van der Waals surface area contributed by atoms with Crippen LogP contribution in [0.15, 0.2) is 10.5 Å². The van der Waals surface area contributed by atoms with Crippen LogP contribution in [0.25, 0.3) is 0 Å². The zero-order chi connectivity index (χ0) is 16.1. The molecule has 9 heteroatoms. The molecule has 0 spiro atoms. The molecule has 1 atom stereocenters. The third kappa shape index (κ3) is 2.12. The lowest BCUT2D eigenvalue weighted by atomic mass is 10.2. The highest BCUT2D eigenvalue weighted by Gasteiger charge is 2.52. The average molecular weight is 328 g/mol. The molecule has 0 aliphatic carbocycles. The average Bonchev–Trinajstić information content (AvgIpc) is 3.13. The topological polar surface area (TPSA) is 97.1 Å². The molecule has 0 N–H and O–H groups in total. The first-order valence-electron chi connectivity index (χ1n) is 6.87. The van der Waals surface area contributed by atoms with Crippen molar-refractivity contribution >= 4 is 22.1 Å². The second-order valence-electron chi connectivity index (χ2n) is 5.30. The fourth-order valence-electron chi connectivity index (χ4n) is 2.90. The molecule has 2 fully saturated rings. The van der Waals surface area contributed by atoms with Gasteiger partial charge in [0.05, 0.1) is 13.7 Å². The highest BCUT2D eigenvalue weighted by Crippen LogP contribution is 2.33. The number of amides is 1. The van der Waals surface area contributed by atoms with E-state index in [0.717, 1.165) is 4.31 Å². The van der Waals surface area contributed by atoms with Gasteiger partial charge in [0.2, 0.25) is 0 Å². The molecule has 8 nitrogen and oxygen atoms in total. The zero-order valence-corrected chi connectivity index (χ0v) is 13.1. The van der Waals surface area contributed by atoms with Crippen LogP contribution in [0, 0.1) is 6.92 Å². The Labute approximate surface area is 127 Å². The molecule has 22 heavy (non-hydrogen) atoms. The van der Waals surface area contributed by atoms with Gasteiger partial charge in [0.25, 0.3) is 5.91 Å². The van der Waals surface area contributed by atoms with E-state index in [2.05, 4.69) is 4.74 Å². The van der Waals surface area contributed by atoms with Gasteiger partial charge in [0.15, 0.2) is 0 Å². The predicted molar refractivity (Wildman–Crippen MR) is 74.0 cm³/mol. The fraction of sp³-hybridized carbons (Fsp3) is 0.538. The third-order valence-corrected chi connectivity index (χ3v) is 5.88. The smallest absolute Gasteiger partial charge is 0.341 e. The molecule has 2 saturated heterocycles. The molecule has 3 rings (SSSR count). The fourth-order valence-corrected chi connectivity index (χ4v) is 4.67. The summed E-state index contributed by atoms with van der Waals surface area (Å²) in [6.45, 7) is 1.72. The summed E-state index contributed by atoms with van der Waals surface area (Å²) in [5.41, 5.74) is 0.224. The van der Waals surface area contributed by atoms with E-state index in [-0.39, 0.29) is 17.9 Å². The highest BCUT2D eigenvalue weighted by atomic mass is 32.2. The van der Waals surface area contributed by atoms with Gasteiger partial charge in [-0.25, -0.2) is 9.10 Å². The Hall–Kier alpha value is -1.87. The van der Waals surface area contributed by atoms with Gasteiger partial charge in [-0.2, -0.15) is 12.7 Å². The standard InChI is InChI=1S/C13H16N2O6S/c1-8-10(13(17)20-2)6-9(21-8)7-15-12(16)11-4-3-5-14(11)22(15,18)19/h6,11H,3-5,7H2,1-2H3/t11-/m0/s1. The van der Waals surface area contributed by atoms with Gasteiger partial charge in [-0.05, 0) is 25.8 Å². The number of esters is 1. The maximum Gasteiger partial charge on any atom is 0.341 e. The zero-order valence-electron chi connectivity index (χ0n) is 12.2. The molecule has 2 aliphatic heterocycles. The highest BCUT2D eigenvalue weighted by molar-refractivity contribution is 7.87. The van der Waals surface area contributed by atoms with Crippen LogP contribution in [-0.4, -0.2) is 48.6 Å². The van der Waals surface area contributed by atoms with Crippen molar-refractivity contribution in [3.63, 3.8) is 0 Å². The Morgan fingerprint density at radius 2 is 2.23 bits per heavy atom. The summed E-state index contributed by atoms with van der Waals surface area (Å²) in [5.74, 6) is -0.447. The third-order valence-electron chi connectivity index (χ3n) is 3.98. The number of hydrogen-bond acceptors (Lipinski definition) is 6.